The third kappa shape index (κ3) is 4.68. The molecule has 0 fully saturated rings. The van der Waals surface area contributed by atoms with E-state index >= 15 is 0 Å². The molecule has 4 aromatic rings. The number of hydrogen-bond acceptors (Lipinski definition) is 7. The molecule has 0 aliphatic carbocycles. The largest absolute Gasteiger partial charge is 0.505 e. The minimum Gasteiger partial charge on any atom is -0.505 e. The highest BCUT2D eigenvalue weighted by Gasteiger charge is 2.18. The Bertz CT molecular complexity index is 1300. The van der Waals surface area contributed by atoms with Gasteiger partial charge in [-0.25, -0.2) is 4.98 Å². The number of nitrogens with zero attached hydrogens (tertiary/aromatic N) is 3. The first-order valence-electron chi connectivity index (χ1n) is 9.77. The number of nitrogens with one attached hydrogen (secondary N) is 1. The zero-order valence-corrected chi connectivity index (χ0v) is 18.0. The molecule has 2 aromatic carbocycles. The Labute approximate surface area is 187 Å². The molecule has 32 heavy (non-hydrogen) atoms. The lowest BCUT2D eigenvalue weighted by atomic mass is 10.2. The smallest absolute Gasteiger partial charge is 0.275 e. The second-order valence-electron chi connectivity index (χ2n) is 6.88. The van der Waals surface area contributed by atoms with Crippen LogP contribution in [-0.2, 0) is 13.0 Å². The maximum Gasteiger partial charge on any atom is 0.275 e. The van der Waals surface area contributed by atoms with Gasteiger partial charge in [0, 0.05) is 17.9 Å². The van der Waals surface area contributed by atoms with E-state index < -0.39 is 17.2 Å². The number of amides is 1. The fourth-order valence-corrected chi connectivity index (χ4v) is 3.95. The summed E-state index contributed by atoms with van der Waals surface area (Å²) in [7, 11) is 1.47. The number of methoxy groups -OCH3 is 1. The van der Waals surface area contributed by atoms with Crippen LogP contribution in [0.3, 0.4) is 0 Å². The fourth-order valence-electron chi connectivity index (χ4n) is 3.12. The van der Waals surface area contributed by atoms with Gasteiger partial charge in [-0.1, -0.05) is 42.5 Å². The highest BCUT2D eigenvalue weighted by molar-refractivity contribution is 7.09. The molecular weight excluding hydrogens is 428 g/mol. The average molecular weight is 449 g/mol. The summed E-state index contributed by atoms with van der Waals surface area (Å²) in [6.45, 7) is 0.166. The SMILES string of the molecule is COc1ccccc1-n1nc(C(=O)NCc2csc(Cc3ccccc3)n2)c(O)cc1=O. The summed E-state index contributed by atoms with van der Waals surface area (Å²) in [5.41, 5.74) is 1.36. The van der Waals surface area contributed by atoms with E-state index in [2.05, 4.69) is 15.4 Å². The molecule has 0 radical (unpaired) electrons. The topological polar surface area (TPSA) is 106 Å². The zero-order chi connectivity index (χ0) is 22.5. The summed E-state index contributed by atoms with van der Waals surface area (Å²) >= 11 is 1.51. The maximum atomic E-state index is 12.7. The first-order valence-corrected chi connectivity index (χ1v) is 10.7. The van der Waals surface area contributed by atoms with Gasteiger partial charge in [-0.05, 0) is 17.7 Å². The van der Waals surface area contributed by atoms with Gasteiger partial charge >= 0.3 is 0 Å². The standard InChI is InChI=1S/C23H20N4O4S/c1-31-19-10-6-5-9-17(19)27-21(29)12-18(28)22(26-27)23(30)24-13-16-14-32-20(25-16)11-15-7-3-2-4-8-15/h2-10,12,14,28H,11,13H2,1H3,(H,24,30). The Morgan fingerprint density at radius 3 is 2.69 bits per heavy atom. The number of carbonyl (C=O) groups excluding carboxylic acids is 1. The monoisotopic (exact) mass is 448 g/mol. The lowest BCUT2D eigenvalue weighted by Crippen LogP contribution is -2.29. The molecule has 0 aliphatic rings. The molecule has 0 unspecified atom stereocenters. The third-order valence-corrected chi connectivity index (χ3v) is 5.57. The lowest BCUT2D eigenvalue weighted by molar-refractivity contribution is 0.0940. The summed E-state index contributed by atoms with van der Waals surface area (Å²) in [6, 6.07) is 17.7. The van der Waals surface area contributed by atoms with E-state index in [1.54, 1.807) is 24.3 Å². The molecule has 8 nitrogen and oxygen atoms in total. The van der Waals surface area contributed by atoms with Crippen molar-refractivity contribution >= 4 is 17.2 Å². The lowest BCUT2D eigenvalue weighted by Gasteiger charge is -2.11. The average Bonchev–Trinajstić information content (AvgIpc) is 3.25. The number of carbonyl (C=O) groups is 1. The number of thiazole rings is 1. The summed E-state index contributed by atoms with van der Waals surface area (Å²) in [6.07, 6.45) is 0.714. The van der Waals surface area contributed by atoms with Gasteiger partial charge in [0.2, 0.25) is 0 Å². The fraction of sp³-hybridized carbons (Fsp3) is 0.130. The molecule has 0 saturated carbocycles. The Morgan fingerprint density at radius 2 is 1.91 bits per heavy atom. The Kier molecular flexibility index (Phi) is 6.27. The van der Waals surface area contributed by atoms with Gasteiger partial charge in [0.15, 0.2) is 11.4 Å². The minimum absolute atomic E-state index is 0.166. The highest BCUT2D eigenvalue weighted by atomic mass is 32.1. The van der Waals surface area contributed by atoms with Crippen molar-refractivity contribution in [1.82, 2.24) is 20.1 Å². The third-order valence-electron chi connectivity index (χ3n) is 4.67. The van der Waals surface area contributed by atoms with Crippen LogP contribution in [0.15, 0.2) is 70.8 Å². The predicted molar refractivity (Wildman–Crippen MR) is 121 cm³/mol. The van der Waals surface area contributed by atoms with Crippen LogP contribution in [-0.4, -0.2) is 32.9 Å². The van der Waals surface area contributed by atoms with Crippen LogP contribution in [0.2, 0.25) is 0 Å². The van der Waals surface area contributed by atoms with Crippen molar-refractivity contribution in [2.75, 3.05) is 7.11 Å². The van der Waals surface area contributed by atoms with Crippen LogP contribution < -0.4 is 15.6 Å². The van der Waals surface area contributed by atoms with E-state index in [-0.39, 0.29) is 12.2 Å². The molecule has 0 bridgehead atoms. The summed E-state index contributed by atoms with van der Waals surface area (Å²) in [4.78, 5) is 29.6. The van der Waals surface area contributed by atoms with E-state index in [1.165, 1.54) is 18.4 Å². The van der Waals surface area contributed by atoms with Gasteiger partial charge in [-0.3, -0.25) is 9.59 Å². The van der Waals surface area contributed by atoms with Gasteiger partial charge in [0.1, 0.15) is 11.4 Å². The van der Waals surface area contributed by atoms with Crippen LogP contribution in [0.1, 0.15) is 26.8 Å². The van der Waals surface area contributed by atoms with Gasteiger partial charge < -0.3 is 15.2 Å². The Balaban J connectivity index is 1.50. The van der Waals surface area contributed by atoms with Gasteiger partial charge in [-0.2, -0.15) is 9.78 Å². The van der Waals surface area contributed by atoms with Crippen LogP contribution in [0.5, 0.6) is 11.5 Å². The van der Waals surface area contributed by atoms with E-state index in [9.17, 15) is 14.7 Å². The summed E-state index contributed by atoms with van der Waals surface area (Å²) in [5, 5.41) is 19.7. The van der Waals surface area contributed by atoms with Crippen molar-refractivity contribution in [3.8, 4) is 17.2 Å². The molecule has 0 atom stereocenters. The van der Waals surface area contributed by atoms with Crippen molar-refractivity contribution in [3.63, 3.8) is 0 Å². The van der Waals surface area contributed by atoms with E-state index in [1.807, 2.05) is 35.7 Å². The number of hydrogen-bond donors (Lipinski definition) is 2. The molecule has 2 heterocycles. The molecule has 1 amide bonds. The van der Waals surface area contributed by atoms with E-state index in [0.717, 1.165) is 21.3 Å². The van der Waals surface area contributed by atoms with Crippen LogP contribution >= 0.6 is 11.3 Å². The highest BCUT2D eigenvalue weighted by Crippen LogP contribution is 2.21. The maximum absolute atomic E-state index is 12.7. The molecule has 9 heteroatoms. The molecule has 162 valence electrons. The molecule has 2 aromatic heterocycles. The van der Waals surface area contributed by atoms with Crippen LogP contribution in [0, 0.1) is 0 Å². The molecule has 2 N–H and O–H groups in total. The van der Waals surface area contributed by atoms with Gasteiger partial charge in [0.05, 0.1) is 24.4 Å². The Hall–Kier alpha value is -3.98. The number of rotatable bonds is 7. The van der Waals surface area contributed by atoms with Gasteiger partial charge in [-0.15, -0.1) is 11.3 Å². The second kappa shape index (κ2) is 9.44. The zero-order valence-electron chi connectivity index (χ0n) is 17.2. The molecule has 4 rings (SSSR count). The Morgan fingerprint density at radius 1 is 1.16 bits per heavy atom. The number of aromatic nitrogens is 3. The molecular formula is C23H20N4O4S. The van der Waals surface area contributed by atoms with Crippen LogP contribution in [0.4, 0.5) is 0 Å². The molecule has 0 saturated heterocycles. The molecule has 0 spiro atoms. The first kappa shape index (κ1) is 21.3. The number of aromatic hydroxyl groups is 1. The van der Waals surface area contributed by atoms with Crippen molar-refractivity contribution in [2.24, 2.45) is 0 Å². The van der Waals surface area contributed by atoms with E-state index in [0.29, 0.717) is 23.6 Å². The quantitative estimate of drug-likeness (QED) is 0.450. The summed E-state index contributed by atoms with van der Waals surface area (Å²) < 4.78 is 6.29. The second-order valence-corrected chi connectivity index (χ2v) is 7.82. The summed E-state index contributed by atoms with van der Waals surface area (Å²) in [5.74, 6) is -0.710. The van der Waals surface area contributed by atoms with Gasteiger partial charge in [0.25, 0.3) is 11.5 Å². The van der Waals surface area contributed by atoms with E-state index in [4.69, 9.17) is 4.74 Å². The van der Waals surface area contributed by atoms with Crippen molar-refractivity contribution < 1.29 is 14.6 Å². The van der Waals surface area contributed by atoms with Crippen molar-refractivity contribution in [3.05, 3.63) is 98.4 Å². The van der Waals surface area contributed by atoms with Crippen LogP contribution in [0.25, 0.3) is 5.69 Å². The molecule has 0 aliphatic heterocycles. The predicted octanol–water partition coefficient (Wildman–Crippen LogP) is 2.92. The van der Waals surface area contributed by atoms with Crippen molar-refractivity contribution in [1.29, 1.82) is 0 Å². The number of ether oxygens (including phenoxy) is 1. The minimum atomic E-state index is -0.622. The number of benzene rings is 2. The first-order chi connectivity index (χ1) is 15.5. The number of para-hydroxylation sites is 2. The van der Waals surface area contributed by atoms with Crippen molar-refractivity contribution in [2.45, 2.75) is 13.0 Å². The normalized spacial score (nSPS) is 10.7.